The number of guanidine groups is 1. The molecule has 4 rings (SSSR count). The molecule has 0 fully saturated rings. The van der Waals surface area contributed by atoms with Crippen molar-refractivity contribution in [2.24, 2.45) is 4.99 Å². The first-order chi connectivity index (χ1) is 14.6. The number of hydrogen-bond donors (Lipinski definition) is 2. The first kappa shape index (κ1) is 19.8. The topological polar surface area (TPSA) is 72.7 Å². The van der Waals surface area contributed by atoms with Gasteiger partial charge in [0.25, 0.3) is 0 Å². The van der Waals surface area contributed by atoms with Crippen LogP contribution in [-0.2, 0) is 6.54 Å². The molecule has 0 atom stereocenters. The Morgan fingerprint density at radius 3 is 2.73 bits per heavy atom. The van der Waals surface area contributed by atoms with Crippen LogP contribution in [0.25, 0.3) is 5.69 Å². The lowest BCUT2D eigenvalue weighted by molar-refractivity contribution is 0.297. The molecule has 0 bridgehead atoms. The van der Waals surface area contributed by atoms with Crippen molar-refractivity contribution in [3.8, 4) is 17.2 Å². The fraction of sp³-hybridized carbons (Fsp3) is 0.273. The van der Waals surface area contributed by atoms with E-state index in [2.05, 4.69) is 20.6 Å². The summed E-state index contributed by atoms with van der Waals surface area (Å²) in [6.07, 6.45) is 4.25. The van der Waals surface area contributed by atoms with Crippen molar-refractivity contribution in [2.45, 2.75) is 19.9 Å². The van der Waals surface area contributed by atoms with Crippen LogP contribution in [0, 0.1) is 12.7 Å². The third kappa shape index (κ3) is 4.37. The number of fused-ring (bicyclic) bond motifs is 1. The van der Waals surface area contributed by atoms with E-state index in [9.17, 15) is 4.39 Å². The number of benzene rings is 2. The Bertz CT molecular complexity index is 1060. The molecule has 1 aliphatic heterocycles. The quantitative estimate of drug-likeness (QED) is 0.508. The monoisotopic (exact) mass is 409 g/mol. The van der Waals surface area contributed by atoms with Crippen molar-refractivity contribution < 1.29 is 13.9 Å². The molecule has 2 N–H and O–H groups in total. The third-order valence-corrected chi connectivity index (χ3v) is 4.79. The van der Waals surface area contributed by atoms with Crippen molar-refractivity contribution in [1.29, 1.82) is 0 Å². The SMILES string of the molecule is CN=C(NCc1ccc(-n2ccnc2C)c(F)c1)Nc1ccc2c(c1)OCCCO2. The van der Waals surface area contributed by atoms with E-state index in [-0.39, 0.29) is 5.82 Å². The van der Waals surface area contributed by atoms with Crippen LogP contribution in [0.5, 0.6) is 11.5 Å². The van der Waals surface area contributed by atoms with Crippen LogP contribution in [-0.4, -0.2) is 35.8 Å². The predicted molar refractivity (Wildman–Crippen MR) is 114 cm³/mol. The van der Waals surface area contributed by atoms with Gasteiger partial charge in [-0.2, -0.15) is 0 Å². The van der Waals surface area contributed by atoms with E-state index in [4.69, 9.17) is 9.47 Å². The van der Waals surface area contributed by atoms with Crippen LogP contribution >= 0.6 is 0 Å². The van der Waals surface area contributed by atoms with E-state index >= 15 is 0 Å². The Hall–Kier alpha value is -3.55. The molecule has 8 heteroatoms. The second kappa shape index (κ2) is 8.86. The van der Waals surface area contributed by atoms with Gasteiger partial charge in [-0.15, -0.1) is 0 Å². The zero-order valence-electron chi connectivity index (χ0n) is 17.0. The maximum Gasteiger partial charge on any atom is 0.195 e. The molecule has 1 aliphatic rings. The van der Waals surface area contributed by atoms with Crippen molar-refractivity contribution in [2.75, 3.05) is 25.6 Å². The number of hydrogen-bond acceptors (Lipinski definition) is 4. The van der Waals surface area contributed by atoms with Gasteiger partial charge < -0.3 is 24.7 Å². The zero-order valence-corrected chi connectivity index (χ0v) is 17.0. The van der Waals surface area contributed by atoms with Gasteiger partial charge in [0, 0.05) is 44.2 Å². The van der Waals surface area contributed by atoms with Crippen LogP contribution in [0.1, 0.15) is 17.8 Å². The third-order valence-electron chi connectivity index (χ3n) is 4.79. The van der Waals surface area contributed by atoms with Gasteiger partial charge in [-0.05, 0) is 36.8 Å². The Morgan fingerprint density at radius 2 is 2.00 bits per heavy atom. The lowest BCUT2D eigenvalue weighted by Crippen LogP contribution is -2.30. The molecule has 156 valence electrons. The van der Waals surface area contributed by atoms with Crippen LogP contribution in [0.15, 0.2) is 53.8 Å². The number of rotatable bonds is 4. The van der Waals surface area contributed by atoms with E-state index in [1.54, 1.807) is 30.1 Å². The summed E-state index contributed by atoms with van der Waals surface area (Å²) in [6, 6.07) is 10.8. The van der Waals surface area contributed by atoms with E-state index in [0.717, 1.165) is 29.2 Å². The smallest absolute Gasteiger partial charge is 0.195 e. The number of aliphatic imine (C=N–C) groups is 1. The minimum absolute atomic E-state index is 0.304. The molecule has 0 saturated carbocycles. The number of anilines is 1. The summed E-state index contributed by atoms with van der Waals surface area (Å²) >= 11 is 0. The first-order valence-electron chi connectivity index (χ1n) is 9.80. The summed E-state index contributed by atoms with van der Waals surface area (Å²) in [7, 11) is 1.68. The molecular weight excluding hydrogens is 385 g/mol. The second-order valence-corrected chi connectivity index (χ2v) is 6.89. The van der Waals surface area contributed by atoms with Crippen molar-refractivity contribution in [3.63, 3.8) is 0 Å². The van der Waals surface area contributed by atoms with Gasteiger partial charge in [0.15, 0.2) is 17.5 Å². The minimum Gasteiger partial charge on any atom is -0.490 e. The number of ether oxygens (including phenoxy) is 2. The second-order valence-electron chi connectivity index (χ2n) is 6.89. The summed E-state index contributed by atoms with van der Waals surface area (Å²) in [6.45, 7) is 3.54. The molecule has 30 heavy (non-hydrogen) atoms. The largest absolute Gasteiger partial charge is 0.490 e. The van der Waals surface area contributed by atoms with Gasteiger partial charge in [-0.25, -0.2) is 9.37 Å². The number of aryl methyl sites for hydroxylation is 1. The zero-order chi connectivity index (χ0) is 20.9. The molecule has 0 saturated heterocycles. The molecule has 3 aromatic rings. The Labute approximate surface area is 174 Å². The summed E-state index contributed by atoms with van der Waals surface area (Å²) in [5.74, 6) is 2.45. The highest BCUT2D eigenvalue weighted by Gasteiger charge is 2.12. The molecule has 0 aliphatic carbocycles. The van der Waals surface area contributed by atoms with Gasteiger partial charge in [0.2, 0.25) is 0 Å². The molecule has 2 heterocycles. The molecule has 0 unspecified atom stereocenters. The molecule has 7 nitrogen and oxygen atoms in total. The highest BCUT2D eigenvalue weighted by atomic mass is 19.1. The van der Waals surface area contributed by atoms with Crippen molar-refractivity contribution in [1.82, 2.24) is 14.9 Å². The normalized spacial score (nSPS) is 13.6. The van der Waals surface area contributed by atoms with Gasteiger partial charge in [-0.1, -0.05) is 6.07 Å². The first-order valence-corrected chi connectivity index (χ1v) is 9.80. The Balaban J connectivity index is 1.41. The average molecular weight is 409 g/mol. The van der Waals surface area contributed by atoms with E-state index in [0.29, 0.717) is 37.2 Å². The molecule has 1 aromatic heterocycles. The average Bonchev–Trinajstić information content (AvgIpc) is 3.03. The molecular formula is C22H24FN5O2. The molecule has 2 aromatic carbocycles. The fourth-order valence-corrected chi connectivity index (χ4v) is 3.23. The predicted octanol–water partition coefficient (Wildman–Crippen LogP) is 3.67. The van der Waals surface area contributed by atoms with Crippen LogP contribution in [0.2, 0.25) is 0 Å². The van der Waals surface area contributed by atoms with E-state index < -0.39 is 0 Å². The summed E-state index contributed by atoms with van der Waals surface area (Å²) in [4.78, 5) is 8.38. The van der Waals surface area contributed by atoms with Crippen LogP contribution in [0.4, 0.5) is 10.1 Å². The van der Waals surface area contributed by atoms with Gasteiger partial charge in [0.1, 0.15) is 11.6 Å². The fourth-order valence-electron chi connectivity index (χ4n) is 3.23. The lowest BCUT2D eigenvalue weighted by Gasteiger charge is -2.14. The lowest BCUT2D eigenvalue weighted by atomic mass is 10.2. The summed E-state index contributed by atoms with van der Waals surface area (Å²) in [5.41, 5.74) is 2.10. The number of halogens is 1. The number of imidazole rings is 1. The Morgan fingerprint density at radius 1 is 1.17 bits per heavy atom. The maximum absolute atomic E-state index is 14.6. The summed E-state index contributed by atoms with van der Waals surface area (Å²) < 4.78 is 27.7. The van der Waals surface area contributed by atoms with E-state index in [1.807, 2.05) is 31.2 Å². The highest BCUT2D eigenvalue weighted by Crippen LogP contribution is 2.32. The van der Waals surface area contributed by atoms with Gasteiger partial charge in [0.05, 0.1) is 18.9 Å². The van der Waals surface area contributed by atoms with Crippen molar-refractivity contribution >= 4 is 11.6 Å². The Kier molecular flexibility index (Phi) is 5.83. The number of aromatic nitrogens is 2. The number of nitrogens with zero attached hydrogens (tertiary/aromatic N) is 3. The van der Waals surface area contributed by atoms with Gasteiger partial charge >= 0.3 is 0 Å². The van der Waals surface area contributed by atoms with Crippen molar-refractivity contribution in [3.05, 3.63) is 66.0 Å². The van der Waals surface area contributed by atoms with Gasteiger partial charge in [-0.3, -0.25) is 4.99 Å². The molecule has 0 spiro atoms. The summed E-state index contributed by atoms with van der Waals surface area (Å²) in [5, 5.41) is 6.42. The standard InChI is InChI=1S/C22H24FN5O2/c1-15-25-8-9-28(15)19-6-4-16(12-18(19)23)14-26-22(24-2)27-17-5-7-20-21(13-17)30-11-3-10-29-20/h4-9,12-13H,3,10-11,14H2,1-2H3,(H2,24,26,27). The van der Waals surface area contributed by atoms with E-state index in [1.165, 1.54) is 6.07 Å². The number of nitrogens with one attached hydrogen (secondary N) is 2. The van der Waals surface area contributed by atoms with Crippen LogP contribution in [0.3, 0.4) is 0 Å². The van der Waals surface area contributed by atoms with Crippen LogP contribution < -0.4 is 20.1 Å². The maximum atomic E-state index is 14.6. The highest BCUT2D eigenvalue weighted by molar-refractivity contribution is 5.93. The minimum atomic E-state index is -0.304. The molecule has 0 radical (unpaired) electrons. The molecule has 0 amide bonds.